The first-order valence-corrected chi connectivity index (χ1v) is 14.3. The van der Waals surface area contributed by atoms with Gasteiger partial charge in [0.25, 0.3) is 0 Å². The number of benzene rings is 3. The Hall–Kier alpha value is -3.43. The van der Waals surface area contributed by atoms with Crippen LogP contribution in [0.25, 0.3) is 0 Å². The van der Waals surface area contributed by atoms with Crippen LogP contribution in [-0.4, -0.2) is 50.0 Å². The van der Waals surface area contributed by atoms with E-state index in [2.05, 4.69) is 5.32 Å². The van der Waals surface area contributed by atoms with Crippen molar-refractivity contribution in [3.63, 3.8) is 0 Å². The van der Waals surface area contributed by atoms with E-state index >= 15 is 0 Å². The van der Waals surface area contributed by atoms with Gasteiger partial charge in [0.05, 0.1) is 11.9 Å². The fourth-order valence-electron chi connectivity index (χ4n) is 4.01. The van der Waals surface area contributed by atoms with Gasteiger partial charge in [-0.05, 0) is 55.3 Å². The van der Waals surface area contributed by atoms with Gasteiger partial charge in [-0.3, -0.25) is 13.9 Å². The summed E-state index contributed by atoms with van der Waals surface area (Å²) >= 11 is 6.18. The molecule has 38 heavy (non-hydrogen) atoms. The van der Waals surface area contributed by atoms with Gasteiger partial charge in [0.1, 0.15) is 18.4 Å². The number of amides is 2. The highest BCUT2D eigenvalue weighted by molar-refractivity contribution is 7.92. The number of nitrogens with zero attached hydrogens (tertiary/aromatic N) is 2. The van der Waals surface area contributed by atoms with Crippen LogP contribution in [0.4, 0.5) is 10.1 Å². The van der Waals surface area contributed by atoms with E-state index in [9.17, 15) is 22.4 Å². The molecule has 3 aromatic carbocycles. The highest BCUT2D eigenvalue weighted by atomic mass is 35.5. The van der Waals surface area contributed by atoms with Gasteiger partial charge in [-0.2, -0.15) is 0 Å². The third-order valence-corrected chi connectivity index (χ3v) is 7.10. The molecule has 3 aromatic rings. The number of anilines is 1. The summed E-state index contributed by atoms with van der Waals surface area (Å²) in [5, 5.41) is 3.34. The number of sulfonamides is 1. The van der Waals surface area contributed by atoms with Crippen LogP contribution in [0.15, 0.2) is 78.9 Å². The van der Waals surface area contributed by atoms with Crippen LogP contribution in [0.5, 0.6) is 0 Å². The monoisotopic (exact) mass is 559 g/mol. The first-order chi connectivity index (χ1) is 17.9. The largest absolute Gasteiger partial charge is 0.352 e. The van der Waals surface area contributed by atoms with Gasteiger partial charge < -0.3 is 10.2 Å². The Labute approximate surface area is 228 Å². The van der Waals surface area contributed by atoms with Crippen molar-refractivity contribution >= 4 is 39.1 Å². The second-order valence-electron chi connectivity index (χ2n) is 9.27. The predicted octanol–water partition coefficient (Wildman–Crippen LogP) is 4.41. The second kappa shape index (κ2) is 12.9. The zero-order valence-corrected chi connectivity index (χ0v) is 23.0. The molecule has 1 N–H and O–H groups in total. The van der Waals surface area contributed by atoms with E-state index in [0.29, 0.717) is 10.6 Å². The lowest BCUT2D eigenvalue weighted by atomic mass is 10.0. The molecule has 0 aliphatic heterocycles. The van der Waals surface area contributed by atoms with E-state index < -0.39 is 34.3 Å². The van der Waals surface area contributed by atoms with Crippen LogP contribution in [0.1, 0.15) is 25.0 Å². The third kappa shape index (κ3) is 8.29. The Balaban J connectivity index is 2.06. The molecule has 3 rings (SSSR count). The van der Waals surface area contributed by atoms with Gasteiger partial charge in [-0.1, -0.05) is 60.1 Å². The molecular weight excluding hydrogens is 529 g/mol. The summed E-state index contributed by atoms with van der Waals surface area (Å²) < 4.78 is 40.2. The van der Waals surface area contributed by atoms with Crippen molar-refractivity contribution < 1.29 is 22.4 Å². The molecule has 2 amide bonds. The fourth-order valence-corrected chi connectivity index (χ4v) is 5.07. The highest BCUT2D eigenvalue weighted by Gasteiger charge is 2.33. The minimum absolute atomic E-state index is 0.00314. The van der Waals surface area contributed by atoms with Crippen LogP contribution >= 0.6 is 11.6 Å². The number of nitrogens with one attached hydrogen (secondary N) is 1. The Morgan fingerprint density at radius 1 is 0.947 bits per heavy atom. The number of hydrogen-bond donors (Lipinski definition) is 1. The van der Waals surface area contributed by atoms with Crippen molar-refractivity contribution in [3.8, 4) is 0 Å². The van der Waals surface area contributed by atoms with Crippen LogP contribution < -0.4 is 9.62 Å². The van der Waals surface area contributed by atoms with Crippen LogP contribution in [0.2, 0.25) is 5.02 Å². The molecule has 0 aliphatic rings. The average molecular weight is 560 g/mol. The average Bonchev–Trinajstić information content (AvgIpc) is 2.84. The Kier molecular flexibility index (Phi) is 9.88. The van der Waals surface area contributed by atoms with Gasteiger partial charge in [-0.25, -0.2) is 12.8 Å². The summed E-state index contributed by atoms with van der Waals surface area (Å²) in [6.07, 6.45) is 1.14. The maximum absolute atomic E-state index is 14.0. The molecule has 0 bridgehead atoms. The highest BCUT2D eigenvalue weighted by Crippen LogP contribution is 2.22. The van der Waals surface area contributed by atoms with Crippen molar-refractivity contribution in [2.75, 3.05) is 17.1 Å². The first-order valence-electron chi connectivity index (χ1n) is 12.1. The number of carbonyl (C=O) groups excluding carboxylic acids is 2. The van der Waals surface area contributed by atoms with Crippen molar-refractivity contribution in [2.45, 2.75) is 38.9 Å². The molecule has 0 radical (unpaired) electrons. The molecule has 0 spiro atoms. The number of halogens is 2. The molecule has 0 aliphatic carbocycles. The molecule has 1 atom stereocenters. The number of rotatable bonds is 11. The number of carbonyl (C=O) groups is 2. The molecule has 0 aromatic heterocycles. The molecule has 0 saturated heterocycles. The predicted molar refractivity (Wildman–Crippen MR) is 148 cm³/mol. The normalized spacial score (nSPS) is 12.2. The van der Waals surface area contributed by atoms with E-state index in [1.807, 2.05) is 44.2 Å². The minimum atomic E-state index is -3.97. The summed E-state index contributed by atoms with van der Waals surface area (Å²) in [5.74, 6) is -1.65. The van der Waals surface area contributed by atoms with Crippen molar-refractivity contribution in [1.82, 2.24) is 10.2 Å². The molecule has 0 heterocycles. The molecule has 0 unspecified atom stereocenters. The van der Waals surface area contributed by atoms with Crippen LogP contribution in [0.3, 0.4) is 0 Å². The second-order valence-corrected chi connectivity index (χ2v) is 11.6. The minimum Gasteiger partial charge on any atom is -0.352 e. The molecule has 0 saturated carbocycles. The van der Waals surface area contributed by atoms with E-state index in [4.69, 9.17) is 11.6 Å². The van der Waals surface area contributed by atoms with E-state index in [-0.39, 0.29) is 30.6 Å². The third-order valence-electron chi connectivity index (χ3n) is 5.72. The Bertz CT molecular complexity index is 1370. The van der Waals surface area contributed by atoms with Gasteiger partial charge in [0, 0.05) is 24.0 Å². The zero-order chi connectivity index (χ0) is 27.9. The maximum Gasteiger partial charge on any atom is 0.244 e. The van der Waals surface area contributed by atoms with Crippen molar-refractivity contribution in [3.05, 3.63) is 101 Å². The summed E-state index contributed by atoms with van der Waals surface area (Å²) in [4.78, 5) is 28.7. The van der Waals surface area contributed by atoms with Gasteiger partial charge in [0.15, 0.2) is 0 Å². The van der Waals surface area contributed by atoms with E-state index in [1.165, 1.54) is 23.1 Å². The number of hydrogen-bond acceptors (Lipinski definition) is 4. The molecule has 202 valence electrons. The SMILES string of the molecule is CC(C)NC(=O)[C@H](Cc1ccccc1)N(Cc1cccc(Cl)c1)C(=O)CN(c1cccc(F)c1)S(C)(=O)=O. The summed E-state index contributed by atoms with van der Waals surface area (Å²) in [6.45, 7) is 3.01. The maximum atomic E-state index is 14.0. The molecular formula is C28H31ClFN3O4S. The zero-order valence-electron chi connectivity index (χ0n) is 21.5. The summed E-state index contributed by atoms with van der Waals surface area (Å²) in [6, 6.07) is 20.0. The Morgan fingerprint density at radius 3 is 2.21 bits per heavy atom. The van der Waals surface area contributed by atoms with Gasteiger partial charge >= 0.3 is 0 Å². The lowest BCUT2D eigenvalue weighted by Crippen LogP contribution is -2.54. The lowest BCUT2D eigenvalue weighted by molar-refractivity contribution is -0.140. The smallest absolute Gasteiger partial charge is 0.244 e. The Morgan fingerprint density at radius 2 is 1.61 bits per heavy atom. The molecule has 7 nitrogen and oxygen atoms in total. The van der Waals surface area contributed by atoms with Crippen molar-refractivity contribution in [2.24, 2.45) is 0 Å². The lowest BCUT2D eigenvalue weighted by Gasteiger charge is -2.34. The van der Waals surface area contributed by atoms with Gasteiger partial charge in [0.2, 0.25) is 21.8 Å². The molecule has 10 heteroatoms. The fraction of sp³-hybridized carbons (Fsp3) is 0.286. The van der Waals surface area contributed by atoms with Crippen molar-refractivity contribution in [1.29, 1.82) is 0 Å². The standard InChI is InChI=1S/C28H31ClFN3O4S/c1-20(2)31-28(35)26(16-21-9-5-4-6-10-21)32(18-22-11-7-12-23(29)15-22)27(34)19-33(38(3,36)37)25-14-8-13-24(30)17-25/h4-15,17,20,26H,16,18-19H2,1-3H3,(H,31,35)/t26-/m0/s1. The summed E-state index contributed by atoms with van der Waals surface area (Å²) in [5.41, 5.74) is 1.50. The van der Waals surface area contributed by atoms with E-state index in [1.54, 1.807) is 24.3 Å². The molecule has 0 fully saturated rings. The topological polar surface area (TPSA) is 86.8 Å². The van der Waals surface area contributed by atoms with Crippen LogP contribution in [0, 0.1) is 5.82 Å². The first kappa shape index (κ1) is 29.1. The summed E-state index contributed by atoms with van der Waals surface area (Å²) in [7, 11) is -3.97. The van der Waals surface area contributed by atoms with E-state index in [0.717, 1.165) is 22.2 Å². The van der Waals surface area contributed by atoms with Gasteiger partial charge in [-0.15, -0.1) is 0 Å². The quantitative estimate of drug-likeness (QED) is 0.377. The van der Waals surface area contributed by atoms with Crippen LogP contribution in [-0.2, 0) is 32.6 Å².